The second-order valence-electron chi connectivity index (χ2n) is 3.54. The molecule has 2 rings (SSSR count). The van der Waals surface area contributed by atoms with Gasteiger partial charge in [0.25, 0.3) is 0 Å². The number of nitro groups is 1. The van der Waals surface area contributed by atoms with Crippen molar-refractivity contribution in [1.82, 2.24) is 15.1 Å². The standard InChI is InChI=1S/C8H11ClN4O2/c9-7-5-12(11-8(7)13(14)15)6-2-1-3-10-4-6/h5-6,10H,1-4H2. The van der Waals surface area contributed by atoms with Crippen LogP contribution in [0.5, 0.6) is 0 Å². The van der Waals surface area contributed by atoms with Crippen molar-refractivity contribution in [2.24, 2.45) is 0 Å². The van der Waals surface area contributed by atoms with E-state index in [1.165, 1.54) is 6.20 Å². The smallest absolute Gasteiger partial charge is 0.358 e. The van der Waals surface area contributed by atoms with Crippen molar-refractivity contribution in [3.63, 3.8) is 0 Å². The molecule has 1 unspecified atom stereocenters. The van der Waals surface area contributed by atoms with Gasteiger partial charge < -0.3 is 15.4 Å². The molecule has 1 aromatic rings. The molecule has 0 radical (unpaired) electrons. The second kappa shape index (κ2) is 4.16. The molecule has 6 nitrogen and oxygen atoms in total. The molecule has 1 aromatic heterocycles. The second-order valence-corrected chi connectivity index (χ2v) is 3.95. The fraction of sp³-hybridized carbons (Fsp3) is 0.625. The van der Waals surface area contributed by atoms with Gasteiger partial charge in [-0.15, -0.1) is 0 Å². The number of nitrogens with one attached hydrogen (secondary N) is 1. The number of hydrogen-bond donors (Lipinski definition) is 1. The van der Waals surface area contributed by atoms with Crippen LogP contribution in [0, 0.1) is 10.1 Å². The molecule has 15 heavy (non-hydrogen) atoms. The Morgan fingerprint density at radius 2 is 2.53 bits per heavy atom. The first-order chi connectivity index (χ1) is 7.18. The van der Waals surface area contributed by atoms with E-state index in [1.807, 2.05) is 0 Å². The van der Waals surface area contributed by atoms with E-state index < -0.39 is 4.92 Å². The Morgan fingerprint density at radius 3 is 3.07 bits per heavy atom. The Morgan fingerprint density at radius 1 is 1.73 bits per heavy atom. The minimum Gasteiger partial charge on any atom is -0.358 e. The molecule has 2 heterocycles. The number of hydrogen-bond acceptors (Lipinski definition) is 4. The Bertz CT molecular complexity index is 373. The molecule has 0 bridgehead atoms. The Labute approximate surface area is 91.4 Å². The maximum absolute atomic E-state index is 10.5. The number of rotatable bonds is 2. The molecular weight excluding hydrogens is 220 g/mol. The summed E-state index contributed by atoms with van der Waals surface area (Å²) >= 11 is 5.71. The van der Waals surface area contributed by atoms with Gasteiger partial charge in [0.1, 0.15) is 0 Å². The molecule has 1 aliphatic rings. The average molecular weight is 231 g/mol. The third kappa shape index (κ3) is 2.10. The van der Waals surface area contributed by atoms with Gasteiger partial charge in [0, 0.05) is 6.54 Å². The van der Waals surface area contributed by atoms with Crippen LogP contribution in [0.25, 0.3) is 0 Å². The first-order valence-corrected chi connectivity index (χ1v) is 5.16. The van der Waals surface area contributed by atoms with Gasteiger partial charge in [-0.2, -0.15) is 4.68 Å². The van der Waals surface area contributed by atoms with Crippen molar-refractivity contribution in [3.8, 4) is 0 Å². The van der Waals surface area contributed by atoms with E-state index in [1.54, 1.807) is 4.68 Å². The monoisotopic (exact) mass is 230 g/mol. The zero-order chi connectivity index (χ0) is 10.8. The van der Waals surface area contributed by atoms with Crippen LogP contribution in [-0.4, -0.2) is 27.8 Å². The van der Waals surface area contributed by atoms with Crippen LogP contribution in [0.15, 0.2) is 6.20 Å². The van der Waals surface area contributed by atoms with Crippen molar-refractivity contribution >= 4 is 17.4 Å². The molecule has 1 saturated heterocycles. The molecular formula is C8H11ClN4O2. The predicted molar refractivity (Wildman–Crippen MR) is 55.0 cm³/mol. The van der Waals surface area contributed by atoms with Crippen molar-refractivity contribution in [1.29, 1.82) is 0 Å². The van der Waals surface area contributed by atoms with Gasteiger partial charge in [0.15, 0.2) is 5.02 Å². The van der Waals surface area contributed by atoms with E-state index in [0.717, 1.165) is 25.9 Å². The number of halogens is 1. The fourth-order valence-corrected chi connectivity index (χ4v) is 1.94. The Kier molecular flexibility index (Phi) is 2.88. The van der Waals surface area contributed by atoms with Gasteiger partial charge in [-0.05, 0) is 24.3 Å². The summed E-state index contributed by atoms with van der Waals surface area (Å²) in [5.41, 5.74) is 0. The van der Waals surface area contributed by atoms with Crippen molar-refractivity contribution < 1.29 is 4.92 Å². The summed E-state index contributed by atoms with van der Waals surface area (Å²) in [6.07, 6.45) is 3.55. The van der Waals surface area contributed by atoms with E-state index in [-0.39, 0.29) is 16.9 Å². The first kappa shape index (κ1) is 10.4. The van der Waals surface area contributed by atoms with Crippen LogP contribution in [0.4, 0.5) is 5.82 Å². The summed E-state index contributed by atoms with van der Waals surface area (Å²) in [4.78, 5) is 9.99. The molecule has 0 spiro atoms. The van der Waals surface area contributed by atoms with Crippen LogP contribution in [0.1, 0.15) is 18.9 Å². The average Bonchev–Trinajstić information content (AvgIpc) is 2.62. The number of aromatic nitrogens is 2. The Balaban J connectivity index is 2.21. The van der Waals surface area contributed by atoms with Gasteiger partial charge in [-0.1, -0.05) is 11.6 Å². The predicted octanol–water partition coefficient (Wildman–Crippen LogP) is 1.37. The van der Waals surface area contributed by atoms with Gasteiger partial charge >= 0.3 is 5.82 Å². The lowest BCUT2D eigenvalue weighted by Crippen LogP contribution is -2.31. The van der Waals surface area contributed by atoms with Crippen LogP contribution >= 0.6 is 11.6 Å². The molecule has 7 heteroatoms. The molecule has 1 aliphatic heterocycles. The zero-order valence-electron chi connectivity index (χ0n) is 8.02. The lowest BCUT2D eigenvalue weighted by atomic mass is 10.1. The molecule has 0 saturated carbocycles. The largest absolute Gasteiger partial charge is 0.408 e. The molecule has 0 aliphatic carbocycles. The van der Waals surface area contributed by atoms with E-state index >= 15 is 0 Å². The van der Waals surface area contributed by atoms with E-state index in [9.17, 15) is 10.1 Å². The molecule has 0 aromatic carbocycles. The molecule has 0 amide bonds. The van der Waals surface area contributed by atoms with Crippen molar-refractivity contribution in [3.05, 3.63) is 21.3 Å². The lowest BCUT2D eigenvalue weighted by molar-refractivity contribution is -0.389. The van der Waals surface area contributed by atoms with Crippen LogP contribution in [0.3, 0.4) is 0 Å². The summed E-state index contributed by atoms with van der Waals surface area (Å²) in [5, 5.41) is 17.7. The van der Waals surface area contributed by atoms with Crippen LogP contribution in [0.2, 0.25) is 5.02 Å². The summed E-state index contributed by atoms with van der Waals surface area (Å²) in [5.74, 6) is -0.262. The van der Waals surface area contributed by atoms with Crippen molar-refractivity contribution in [2.75, 3.05) is 13.1 Å². The highest BCUT2D eigenvalue weighted by atomic mass is 35.5. The SMILES string of the molecule is O=[N+]([O-])c1nn(C2CCCNC2)cc1Cl. The van der Waals surface area contributed by atoms with Gasteiger partial charge in [-0.3, -0.25) is 0 Å². The normalized spacial score (nSPS) is 21.5. The molecule has 82 valence electrons. The number of piperidine rings is 1. The highest BCUT2D eigenvalue weighted by Gasteiger charge is 2.24. The quantitative estimate of drug-likeness (QED) is 0.615. The van der Waals surface area contributed by atoms with Crippen LogP contribution < -0.4 is 5.32 Å². The summed E-state index contributed by atoms with van der Waals surface area (Å²) in [7, 11) is 0. The molecule has 1 fully saturated rings. The zero-order valence-corrected chi connectivity index (χ0v) is 8.78. The van der Waals surface area contributed by atoms with Crippen LogP contribution in [-0.2, 0) is 0 Å². The minimum absolute atomic E-state index is 0.102. The molecule has 1 N–H and O–H groups in total. The topological polar surface area (TPSA) is 73.0 Å². The lowest BCUT2D eigenvalue weighted by Gasteiger charge is -2.20. The highest BCUT2D eigenvalue weighted by Crippen LogP contribution is 2.25. The summed E-state index contributed by atoms with van der Waals surface area (Å²) < 4.78 is 1.59. The number of nitrogens with zero attached hydrogens (tertiary/aromatic N) is 3. The summed E-state index contributed by atoms with van der Waals surface area (Å²) in [6.45, 7) is 1.78. The first-order valence-electron chi connectivity index (χ1n) is 4.78. The fourth-order valence-electron chi connectivity index (χ4n) is 1.73. The Hall–Kier alpha value is -1.14. The van der Waals surface area contributed by atoms with E-state index in [0.29, 0.717) is 0 Å². The maximum Gasteiger partial charge on any atom is 0.408 e. The highest BCUT2D eigenvalue weighted by molar-refractivity contribution is 6.32. The van der Waals surface area contributed by atoms with Gasteiger partial charge in [0.2, 0.25) is 0 Å². The van der Waals surface area contributed by atoms with Crippen molar-refractivity contribution in [2.45, 2.75) is 18.9 Å². The third-order valence-electron chi connectivity index (χ3n) is 2.49. The maximum atomic E-state index is 10.5. The van der Waals surface area contributed by atoms with E-state index in [2.05, 4.69) is 10.4 Å². The van der Waals surface area contributed by atoms with Gasteiger partial charge in [0.05, 0.1) is 17.3 Å². The van der Waals surface area contributed by atoms with E-state index in [4.69, 9.17) is 11.6 Å². The molecule has 1 atom stereocenters. The van der Waals surface area contributed by atoms with Gasteiger partial charge in [-0.25, -0.2) is 0 Å². The third-order valence-corrected chi connectivity index (χ3v) is 2.75. The minimum atomic E-state index is -0.560. The summed E-state index contributed by atoms with van der Waals surface area (Å²) in [6, 6.07) is 0.171.